The summed E-state index contributed by atoms with van der Waals surface area (Å²) in [6.45, 7) is 0. The van der Waals surface area contributed by atoms with Crippen LogP contribution in [0.5, 0.6) is 0 Å². The van der Waals surface area contributed by atoms with Gasteiger partial charge >= 0.3 is 5.97 Å². The molecule has 23 heavy (non-hydrogen) atoms. The minimum atomic E-state index is -1.67. The average molecular weight is 319 g/mol. The van der Waals surface area contributed by atoms with E-state index in [0.29, 0.717) is 16.8 Å². The number of esters is 1. The topological polar surface area (TPSA) is 128 Å². The average Bonchev–Trinajstić information content (AvgIpc) is 2.90. The maximum atomic E-state index is 12.1. The van der Waals surface area contributed by atoms with Crippen molar-refractivity contribution < 1.29 is 19.4 Å². The molecule has 3 rings (SSSR count). The fraction of sp³-hybridized carbons (Fsp3) is 0.357. The standard InChI is InChI=1S/C14H13N3O6/c1-23-14(18)11-12-8(7-4-2-3-5-9(7)15-12)6-10(16(19)20)13(11)17(21)22/h2-5,10-11,13,15H,6H2,1H3. The van der Waals surface area contributed by atoms with Crippen molar-refractivity contribution in [3.63, 3.8) is 0 Å². The maximum absolute atomic E-state index is 12.1. The molecule has 1 N–H and O–H groups in total. The van der Waals surface area contributed by atoms with Gasteiger partial charge in [-0.05, 0) is 11.6 Å². The number of methoxy groups -OCH3 is 1. The Morgan fingerprint density at radius 1 is 1.26 bits per heavy atom. The normalized spacial score (nSPS) is 23.3. The van der Waals surface area contributed by atoms with E-state index in [0.717, 1.165) is 12.5 Å². The lowest BCUT2D eigenvalue weighted by Gasteiger charge is -2.26. The summed E-state index contributed by atoms with van der Waals surface area (Å²) in [5.74, 6) is -2.19. The second-order valence-electron chi connectivity index (χ2n) is 5.40. The molecule has 1 aromatic carbocycles. The molecule has 0 saturated heterocycles. The van der Waals surface area contributed by atoms with Crippen LogP contribution in [0.4, 0.5) is 0 Å². The number of aromatic nitrogens is 1. The number of aromatic amines is 1. The van der Waals surface area contributed by atoms with Crippen molar-refractivity contribution in [3.05, 3.63) is 55.8 Å². The lowest BCUT2D eigenvalue weighted by atomic mass is 9.79. The van der Waals surface area contributed by atoms with Crippen LogP contribution in [0.1, 0.15) is 17.2 Å². The summed E-state index contributed by atoms with van der Waals surface area (Å²) in [6.07, 6.45) is -0.106. The monoisotopic (exact) mass is 319 g/mol. The zero-order valence-electron chi connectivity index (χ0n) is 12.1. The molecule has 120 valence electrons. The molecule has 1 heterocycles. The summed E-state index contributed by atoms with van der Waals surface area (Å²) in [7, 11) is 1.11. The molecule has 0 radical (unpaired) electrons. The van der Waals surface area contributed by atoms with Gasteiger partial charge in [0.05, 0.1) is 7.11 Å². The number of hydrogen-bond acceptors (Lipinski definition) is 6. The Balaban J connectivity index is 2.27. The molecule has 0 saturated carbocycles. The zero-order chi connectivity index (χ0) is 16.7. The Hall–Kier alpha value is -2.97. The van der Waals surface area contributed by atoms with Gasteiger partial charge in [0.2, 0.25) is 0 Å². The molecule has 9 nitrogen and oxygen atoms in total. The molecule has 2 aromatic rings. The van der Waals surface area contributed by atoms with E-state index in [2.05, 4.69) is 9.72 Å². The first-order valence-corrected chi connectivity index (χ1v) is 6.90. The van der Waals surface area contributed by atoms with E-state index in [4.69, 9.17) is 0 Å². The Labute approximate surface area is 129 Å². The van der Waals surface area contributed by atoms with Gasteiger partial charge in [0.15, 0.2) is 5.92 Å². The van der Waals surface area contributed by atoms with Crippen LogP contribution >= 0.6 is 0 Å². The third-order valence-corrected chi connectivity index (χ3v) is 4.28. The molecule has 0 bridgehead atoms. The number of fused-ring (bicyclic) bond motifs is 3. The van der Waals surface area contributed by atoms with Gasteiger partial charge in [0.25, 0.3) is 12.1 Å². The highest BCUT2D eigenvalue weighted by atomic mass is 16.6. The molecule has 0 fully saturated rings. The van der Waals surface area contributed by atoms with Crippen molar-refractivity contribution in [2.24, 2.45) is 0 Å². The molecule has 1 aliphatic rings. The second-order valence-corrected chi connectivity index (χ2v) is 5.40. The Kier molecular flexibility index (Phi) is 3.47. The number of H-pyrrole nitrogens is 1. The van der Waals surface area contributed by atoms with Gasteiger partial charge < -0.3 is 9.72 Å². The van der Waals surface area contributed by atoms with Crippen LogP contribution in [0.2, 0.25) is 0 Å². The van der Waals surface area contributed by atoms with Gasteiger partial charge in [-0.2, -0.15) is 0 Å². The molecule has 1 aromatic heterocycles. The third kappa shape index (κ3) is 2.20. The van der Waals surface area contributed by atoms with Crippen LogP contribution in [0.25, 0.3) is 10.9 Å². The predicted molar refractivity (Wildman–Crippen MR) is 78.3 cm³/mol. The minimum absolute atomic E-state index is 0.106. The van der Waals surface area contributed by atoms with Gasteiger partial charge in [0.1, 0.15) is 0 Å². The number of ether oxygens (including phenoxy) is 1. The molecule has 0 aliphatic heterocycles. The fourth-order valence-corrected chi connectivity index (χ4v) is 3.27. The van der Waals surface area contributed by atoms with Crippen LogP contribution in [-0.2, 0) is 16.0 Å². The van der Waals surface area contributed by atoms with Gasteiger partial charge in [0, 0.05) is 32.9 Å². The molecule has 1 aliphatic carbocycles. The lowest BCUT2D eigenvalue weighted by Crippen LogP contribution is -2.50. The van der Waals surface area contributed by atoms with Gasteiger partial charge in [-0.15, -0.1) is 0 Å². The molecular weight excluding hydrogens is 306 g/mol. The summed E-state index contributed by atoms with van der Waals surface area (Å²) in [4.78, 5) is 36.4. The molecular formula is C14H13N3O6. The van der Waals surface area contributed by atoms with E-state index in [9.17, 15) is 25.0 Å². The minimum Gasteiger partial charge on any atom is -0.468 e. The molecule has 0 amide bonds. The van der Waals surface area contributed by atoms with Crippen LogP contribution in [-0.4, -0.2) is 40.0 Å². The SMILES string of the molecule is COC(=O)C1c2[nH]c3ccccc3c2CC([N+](=O)[O-])C1[N+](=O)[O-]. The fourth-order valence-electron chi connectivity index (χ4n) is 3.27. The number of nitrogens with zero attached hydrogens (tertiary/aromatic N) is 2. The first-order valence-electron chi connectivity index (χ1n) is 6.90. The van der Waals surface area contributed by atoms with Crippen molar-refractivity contribution >= 4 is 16.9 Å². The first-order chi connectivity index (χ1) is 11.0. The highest BCUT2D eigenvalue weighted by Gasteiger charge is 2.56. The van der Waals surface area contributed by atoms with Crippen molar-refractivity contribution in [1.29, 1.82) is 0 Å². The smallest absolute Gasteiger partial charge is 0.322 e. The van der Waals surface area contributed by atoms with E-state index < -0.39 is 33.8 Å². The summed E-state index contributed by atoms with van der Waals surface area (Å²) < 4.78 is 4.67. The summed E-state index contributed by atoms with van der Waals surface area (Å²) >= 11 is 0. The van der Waals surface area contributed by atoms with E-state index in [1.54, 1.807) is 24.3 Å². The number of benzene rings is 1. The van der Waals surface area contributed by atoms with Crippen LogP contribution in [0, 0.1) is 20.2 Å². The number of nitrogens with one attached hydrogen (secondary N) is 1. The van der Waals surface area contributed by atoms with E-state index in [1.165, 1.54) is 0 Å². The largest absolute Gasteiger partial charge is 0.468 e. The molecule has 3 atom stereocenters. The third-order valence-electron chi connectivity index (χ3n) is 4.28. The van der Waals surface area contributed by atoms with Gasteiger partial charge in [-0.25, -0.2) is 0 Å². The van der Waals surface area contributed by atoms with E-state index in [-0.39, 0.29) is 6.42 Å². The van der Waals surface area contributed by atoms with Crippen LogP contribution in [0.3, 0.4) is 0 Å². The zero-order valence-corrected chi connectivity index (χ0v) is 12.1. The number of para-hydroxylation sites is 1. The Bertz CT molecular complexity index is 814. The van der Waals surface area contributed by atoms with Crippen LogP contribution in [0.15, 0.2) is 24.3 Å². The number of rotatable bonds is 3. The Morgan fingerprint density at radius 3 is 2.57 bits per heavy atom. The van der Waals surface area contributed by atoms with Crippen molar-refractivity contribution in [2.45, 2.75) is 24.4 Å². The summed E-state index contributed by atoms with van der Waals surface area (Å²) in [5, 5.41) is 23.5. The summed E-state index contributed by atoms with van der Waals surface area (Å²) in [6, 6.07) is 3.91. The number of carbonyl (C=O) groups excluding carboxylic acids is 1. The molecule has 9 heteroatoms. The number of hydrogen-bond donors (Lipinski definition) is 1. The van der Waals surface area contributed by atoms with E-state index in [1.807, 2.05) is 0 Å². The second kappa shape index (κ2) is 5.34. The van der Waals surface area contributed by atoms with Crippen molar-refractivity contribution in [3.8, 4) is 0 Å². The van der Waals surface area contributed by atoms with Crippen molar-refractivity contribution in [2.75, 3.05) is 7.11 Å². The van der Waals surface area contributed by atoms with Gasteiger partial charge in [-0.3, -0.25) is 25.0 Å². The maximum Gasteiger partial charge on any atom is 0.322 e. The van der Waals surface area contributed by atoms with Crippen molar-refractivity contribution in [1.82, 2.24) is 4.98 Å². The summed E-state index contributed by atoms with van der Waals surface area (Å²) in [5.41, 5.74) is 1.58. The molecule has 0 spiro atoms. The highest BCUT2D eigenvalue weighted by Crippen LogP contribution is 2.39. The predicted octanol–water partition coefficient (Wildman–Crippen LogP) is 1.27. The number of carbonyl (C=O) groups is 1. The lowest BCUT2D eigenvalue weighted by molar-refractivity contribution is -0.620. The van der Waals surface area contributed by atoms with Gasteiger partial charge in [-0.1, -0.05) is 18.2 Å². The number of nitro groups is 2. The quantitative estimate of drug-likeness (QED) is 0.515. The van der Waals surface area contributed by atoms with E-state index >= 15 is 0 Å². The molecule has 3 unspecified atom stereocenters. The highest BCUT2D eigenvalue weighted by molar-refractivity contribution is 5.89. The van der Waals surface area contributed by atoms with Crippen LogP contribution < -0.4 is 0 Å². The first kappa shape index (κ1) is 14.9. The Morgan fingerprint density at radius 2 is 1.96 bits per heavy atom.